The molecule has 2 atom stereocenters. The summed E-state index contributed by atoms with van der Waals surface area (Å²) in [5, 5.41) is 9.70. The van der Waals surface area contributed by atoms with Gasteiger partial charge in [-0.15, -0.1) is 6.58 Å². The van der Waals surface area contributed by atoms with Crippen LogP contribution in [0.1, 0.15) is 12.0 Å². The number of fused-ring (bicyclic) bond motifs is 1. The van der Waals surface area contributed by atoms with Crippen molar-refractivity contribution in [1.29, 1.82) is 0 Å². The van der Waals surface area contributed by atoms with Crippen molar-refractivity contribution in [3.05, 3.63) is 36.4 Å². The highest BCUT2D eigenvalue weighted by Crippen LogP contribution is 2.42. The van der Waals surface area contributed by atoms with Crippen molar-refractivity contribution in [3.63, 3.8) is 0 Å². The lowest BCUT2D eigenvalue weighted by atomic mass is 9.74. The molecule has 27 heavy (non-hydrogen) atoms. The molecule has 3 rings (SSSR count). The number of carbonyl (C=O) groups excluding carboxylic acids is 1. The number of carbonyl (C=O) groups is 2. The third kappa shape index (κ3) is 3.78. The molecule has 2 aliphatic rings. The van der Waals surface area contributed by atoms with E-state index in [1.807, 2.05) is 12.1 Å². The van der Waals surface area contributed by atoms with E-state index in [0.29, 0.717) is 44.1 Å². The number of allylic oxidation sites excluding steroid dienone is 1. The van der Waals surface area contributed by atoms with Gasteiger partial charge in [0.15, 0.2) is 18.1 Å². The highest BCUT2D eigenvalue weighted by molar-refractivity contribution is 5.82. The summed E-state index contributed by atoms with van der Waals surface area (Å²) in [7, 11) is 1.55. The van der Waals surface area contributed by atoms with Gasteiger partial charge in [0, 0.05) is 25.6 Å². The predicted octanol–water partition coefficient (Wildman–Crippen LogP) is 1.75. The summed E-state index contributed by atoms with van der Waals surface area (Å²) in [5.74, 6) is -0.242. The summed E-state index contributed by atoms with van der Waals surface area (Å²) in [6.07, 6.45) is 2.94. The summed E-state index contributed by atoms with van der Waals surface area (Å²) < 4.78 is 16.4. The standard InChI is InChI=1S/C20H25NO6/c1-3-4-14-5-6-16(17(9-14)25-2)27-12-18(22)21-10-15-11-26-8-7-20(15,13-21)19(23)24/h3,5-6,9,15H,1,4,7-8,10-13H2,2H3,(H,23,24)/t15-,20+/m0/s1. The number of methoxy groups -OCH3 is 1. The molecule has 0 aliphatic carbocycles. The van der Waals surface area contributed by atoms with Crippen molar-refractivity contribution >= 4 is 11.9 Å². The minimum absolute atomic E-state index is 0.166. The summed E-state index contributed by atoms with van der Waals surface area (Å²) in [6, 6.07) is 5.51. The number of nitrogens with zero attached hydrogens (tertiary/aromatic N) is 1. The van der Waals surface area contributed by atoms with Crippen LogP contribution in [-0.4, -0.2) is 61.9 Å². The lowest BCUT2D eigenvalue weighted by Crippen LogP contribution is -2.45. The molecule has 2 fully saturated rings. The second-order valence-electron chi connectivity index (χ2n) is 7.02. The highest BCUT2D eigenvalue weighted by atomic mass is 16.5. The number of amides is 1. The zero-order valence-corrected chi connectivity index (χ0v) is 15.5. The predicted molar refractivity (Wildman–Crippen MR) is 98.0 cm³/mol. The van der Waals surface area contributed by atoms with Gasteiger partial charge in [0.2, 0.25) is 0 Å². The fraction of sp³-hybridized carbons (Fsp3) is 0.500. The fourth-order valence-electron chi connectivity index (χ4n) is 3.85. The number of hydrogen-bond acceptors (Lipinski definition) is 5. The number of hydrogen-bond donors (Lipinski definition) is 1. The van der Waals surface area contributed by atoms with E-state index in [1.54, 1.807) is 24.2 Å². The summed E-state index contributed by atoms with van der Waals surface area (Å²) >= 11 is 0. The van der Waals surface area contributed by atoms with Crippen LogP contribution >= 0.6 is 0 Å². The Balaban J connectivity index is 1.65. The van der Waals surface area contributed by atoms with Crippen molar-refractivity contribution in [1.82, 2.24) is 4.90 Å². The van der Waals surface area contributed by atoms with E-state index in [-0.39, 0.29) is 25.0 Å². The SMILES string of the molecule is C=CCc1ccc(OCC(=O)N2C[C@H]3COCC[C@@]3(C(=O)O)C2)c(OC)c1. The molecule has 1 aromatic rings. The highest BCUT2D eigenvalue weighted by Gasteiger charge is 2.54. The molecule has 7 heteroatoms. The quantitative estimate of drug-likeness (QED) is 0.731. The lowest BCUT2D eigenvalue weighted by Gasteiger charge is -2.33. The second kappa shape index (κ2) is 8.00. The maximum absolute atomic E-state index is 12.6. The maximum Gasteiger partial charge on any atom is 0.311 e. The first kappa shape index (κ1) is 19.2. The van der Waals surface area contributed by atoms with E-state index in [9.17, 15) is 14.7 Å². The number of rotatable bonds is 7. The minimum Gasteiger partial charge on any atom is -0.493 e. The van der Waals surface area contributed by atoms with Crippen molar-refractivity contribution in [2.45, 2.75) is 12.8 Å². The van der Waals surface area contributed by atoms with Gasteiger partial charge in [0.05, 0.1) is 19.1 Å². The average molecular weight is 375 g/mol. The summed E-state index contributed by atoms with van der Waals surface area (Å²) in [4.78, 5) is 26.0. The van der Waals surface area contributed by atoms with Crippen LogP contribution in [0.15, 0.2) is 30.9 Å². The van der Waals surface area contributed by atoms with E-state index in [1.165, 1.54) is 0 Å². The van der Waals surface area contributed by atoms with Gasteiger partial charge in [-0.05, 0) is 30.5 Å². The third-order valence-electron chi connectivity index (χ3n) is 5.44. The van der Waals surface area contributed by atoms with Crippen molar-refractivity contribution in [2.24, 2.45) is 11.3 Å². The maximum atomic E-state index is 12.6. The van der Waals surface area contributed by atoms with Crippen molar-refractivity contribution < 1.29 is 28.9 Å². The van der Waals surface area contributed by atoms with Crippen LogP contribution in [0.3, 0.4) is 0 Å². The molecule has 7 nitrogen and oxygen atoms in total. The van der Waals surface area contributed by atoms with Crippen LogP contribution in [0.2, 0.25) is 0 Å². The molecular formula is C20H25NO6. The summed E-state index contributed by atoms with van der Waals surface area (Å²) in [5.41, 5.74) is 0.130. The van der Waals surface area contributed by atoms with Crippen molar-refractivity contribution in [2.75, 3.05) is 40.0 Å². The fourth-order valence-corrected chi connectivity index (χ4v) is 3.85. The molecular weight excluding hydrogens is 350 g/mol. The van der Waals surface area contributed by atoms with E-state index in [4.69, 9.17) is 14.2 Å². The zero-order valence-electron chi connectivity index (χ0n) is 15.5. The lowest BCUT2D eigenvalue weighted by molar-refractivity contribution is -0.157. The van der Waals surface area contributed by atoms with Crippen LogP contribution in [0.25, 0.3) is 0 Å². The first-order valence-corrected chi connectivity index (χ1v) is 8.99. The number of aliphatic carboxylic acids is 1. The normalized spacial score (nSPS) is 24.2. The van der Waals surface area contributed by atoms with Gasteiger partial charge >= 0.3 is 5.97 Å². The molecule has 0 spiro atoms. The Labute approximate surface area is 158 Å². The Morgan fingerprint density at radius 3 is 2.93 bits per heavy atom. The molecule has 0 saturated carbocycles. The van der Waals surface area contributed by atoms with Crippen LogP contribution in [0, 0.1) is 11.3 Å². The van der Waals surface area contributed by atoms with Gasteiger partial charge in [-0.1, -0.05) is 12.1 Å². The van der Waals surface area contributed by atoms with Gasteiger partial charge in [-0.2, -0.15) is 0 Å². The average Bonchev–Trinajstić information content (AvgIpc) is 3.08. The van der Waals surface area contributed by atoms with Crippen LogP contribution in [0.4, 0.5) is 0 Å². The topological polar surface area (TPSA) is 85.3 Å². The smallest absolute Gasteiger partial charge is 0.311 e. The third-order valence-corrected chi connectivity index (χ3v) is 5.44. The molecule has 1 aromatic carbocycles. The Morgan fingerprint density at radius 2 is 2.26 bits per heavy atom. The van der Waals surface area contributed by atoms with Gasteiger partial charge < -0.3 is 24.2 Å². The summed E-state index contributed by atoms with van der Waals surface area (Å²) in [6.45, 7) is 4.91. The molecule has 146 valence electrons. The number of carboxylic acid groups (broad SMARTS) is 1. The minimum atomic E-state index is -0.905. The molecule has 1 amide bonds. The Hall–Kier alpha value is -2.54. The molecule has 0 radical (unpaired) electrons. The molecule has 2 saturated heterocycles. The monoisotopic (exact) mass is 375 g/mol. The molecule has 0 unspecified atom stereocenters. The second-order valence-corrected chi connectivity index (χ2v) is 7.02. The van der Waals surface area contributed by atoms with Gasteiger partial charge in [0.25, 0.3) is 5.91 Å². The van der Waals surface area contributed by atoms with Gasteiger partial charge in [-0.3, -0.25) is 9.59 Å². The van der Waals surface area contributed by atoms with Crippen molar-refractivity contribution in [3.8, 4) is 11.5 Å². The van der Waals surface area contributed by atoms with Crippen LogP contribution < -0.4 is 9.47 Å². The molecule has 0 bridgehead atoms. The number of likely N-dealkylation sites (tertiary alicyclic amines) is 1. The first-order valence-electron chi connectivity index (χ1n) is 8.99. The largest absolute Gasteiger partial charge is 0.493 e. The van der Waals surface area contributed by atoms with E-state index in [2.05, 4.69) is 6.58 Å². The Morgan fingerprint density at radius 1 is 1.44 bits per heavy atom. The van der Waals surface area contributed by atoms with E-state index >= 15 is 0 Å². The zero-order chi connectivity index (χ0) is 19.4. The first-order chi connectivity index (χ1) is 13.0. The number of benzene rings is 1. The van der Waals surface area contributed by atoms with Gasteiger partial charge in [0.1, 0.15) is 0 Å². The van der Waals surface area contributed by atoms with E-state index < -0.39 is 11.4 Å². The molecule has 1 N–H and O–H groups in total. The molecule has 2 aliphatic heterocycles. The Kier molecular flexibility index (Phi) is 5.70. The van der Waals surface area contributed by atoms with Crippen LogP contribution in [-0.2, 0) is 20.7 Å². The van der Waals surface area contributed by atoms with Gasteiger partial charge in [-0.25, -0.2) is 0 Å². The van der Waals surface area contributed by atoms with E-state index in [0.717, 1.165) is 5.56 Å². The Bertz CT molecular complexity index is 733. The molecule has 2 heterocycles. The van der Waals surface area contributed by atoms with Crippen LogP contribution in [0.5, 0.6) is 11.5 Å². The number of carboxylic acids is 1. The number of ether oxygens (including phenoxy) is 3. The molecule has 0 aromatic heterocycles.